The molecule has 0 unspecified atom stereocenters. The van der Waals surface area contributed by atoms with Gasteiger partial charge in [-0.15, -0.1) is 11.8 Å². The molecule has 10 heteroatoms. The summed E-state index contributed by atoms with van der Waals surface area (Å²) >= 11 is 3.55. The Morgan fingerprint density at radius 3 is 1.82 bits per heavy atom. The molecule has 0 aliphatic carbocycles. The molecule has 0 amide bonds. The number of thioether (sulfide) groups is 3. The minimum absolute atomic E-state index is 0.0208. The SMILES string of the molecule is CSc1nc(SCC(=O)OC(C)(C)C)nc(SCC(=O)OC(C)(C)C)c1C#N. The Morgan fingerprint density at radius 1 is 0.929 bits per heavy atom. The van der Waals surface area contributed by atoms with E-state index in [9.17, 15) is 14.9 Å². The highest BCUT2D eigenvalue weighted by Crippen LogP contribution is 2.30. The van der Waals surface area contributed by atoms with Crippen LogP contribution in [0.5, 0.6) is 0 Å². The molecule has 7 nitrogen and oxygen atoms in total. The number of hydrogen-bond acceptors (Lipinski definition) is 10. The maximum atomic E-state index is 12.0. The van der Waals surface area contributed by atoms with Gasteiger partial charge in [-0.25, -0.2) is 9.97 Å². The van der Waals surface area contributed by atoms with E-state index >= 15 is 0 Å². The Bertz CT molecular complexity index is 765. The van der Waals surface area contributed by atoms with Gasteiger partial charge in [0.25, 0.3) is 0 Å². The van der Waals surface area contributed by atoms with E-state index in [1.165, 1.54) is 11.8 Å². The molecule has 0 spiro atoms. The number of nitriles is 1. The molecule has 1 heterocycles. The molecule has 1 aromatic heterocycles. The van der Waals surface area contributed by atoms with Gasteiger partial charge in [0.05, 0.1) is 11.5 Å². The molecule has 0 fully saturated rings. The topological polar surface area (TPSA) is 102 Å². The van der Waals surface area contributed by atoms with Crippen LogP contribution in [0, 0.1) is 11.3 Å². The fraction of sp³-hybridized carbons (Fsp3) is 0.611. The van der Waals surface area contributed by atoms with Crippen molar-refractivity contribution in [1.29, 1.82) is 5.26 Å². The summed E-state index contributed by atoms with van der Waals surface area (Å²) in [6, 6.07) is 2.09. The minimum Gasteiger partial charge on any atom is -0.459 e. The predicted molar refractivity (Wildman–Crippen MR) is 112 cm³/mol. The number of ether oxygens (including phenoxy) is 2. The van der Waals surface area contributed by atoms with Crippen molar-refractivity contribution in [3.8, 4) is 6.07 Å². The monoisotopic (exact) mass is 443 g/mol. The molecule has 0 N–H and O–H groups in total. The van der Waals surface area contributed by atoms with E-state index in [1.54, 1.807) is 47.8 Å². The van der Waals surface area contributed by atoms with Crippen LogP contribution < -0.4 is 0 Å². The van der Waals surface area contributed by atoms with E-state index in [-0.39, 0.29) is 17.5 Å². The second kappa shape index (κ2) is 10.4. The molecule has 1 aromatic rings. The van der Waals surface area contributed by atoms with Crippen LogP contribution in [-0.2, 0) is 19.1 Å². The summed E-state index contributed by atoms with van der Waals surface area (Å²) in [4.78, 5) is 32.6. The quantitative estimate of drug-likeness (QED) is 0.266. The highest BCUT2D eigenvalue weighted by atomic mass is 32.2. The van der Waals surface area contributed by atoms with Crippen molar-refractivity contribution in [2.45, 2.75) is 68.0 Å². The van der Waals surface area contributed by atoms with E-state index in [0.29, 0.717) is 20.8 Å². The molecule has 1 rings (SSSR count). The summed E-state index contributed by atoms with van der Waals surface area (Å²) in [7, 11) is 0. The van der Waals surface area contributed by atoms with Gasteiger partial charge in [0.2, 0.25) is 0 Å². The lowest BCUT2D eigenvalue weighted by atomic mass is 10.2. The lowest BCUT2D eigenvalue weighted by molar-refractivity contribution is -0.152. The van der Waals surface area contributed by atoms with Crippen molar-refractivity contribution < 1.29 is 19.1 Å². The van der Waals surface area contributed by atoms with Crippen molar-refractivity contribution in [2.24, 2.45) is 0 Å². The van der Waals surface area contributed by atoms with Crippen LogP contribution in [0.25, 0.3) is 0 Å². The fourth-order valence-electron chi connectivity index (χ4n) is 1.81. The van der Waals surface area contributed by atoms with Crippen LogP contribution in [0.2, 0.25) is 0 Å². The molecular formula is C18H25N3O4S3. The van der Waals surface area contributed by atoms with Crippen LogP contribution in [0.3, 0.4) is 0 Å². The summed E-state index contributed by atoms with van der Waals surface area (Å²) in [6.45, 7) is 10.8. The molecule has 28 heavy (non-hydrogen) atoms. The molecule has 0 radical (unpaired) electrons. The Morgan fingerprint density at radius 2 is 1.39 bits per heavy atom. The summed E-state index contributed by atoms with van der Waals surface area (Å²) in [5.74, 6) is -0.701. The van der Waals surface area contributed by atoms with Crippen molar-refractivity contribution in [3.63, 3.8) is 0 Å². The second-order valence-corrected chi connectivity index (χ2v) is 10.3. The van der Waals surface area contributed by atoms with Gasteiger partial charge in [-0.1, -0.05) is 23.5 Å². The first kappa shape index (κ1) is 24.6. The molecular weight excluding hydrogens is 418 g/mol. The Hall–Kier alpha value is -1.44. The fourth-order valence-corrected chi connectivity index (χ4v) is 3.88. The third kappa shape index (κ3) is 9.17. The molecule has 0 aromatic carbocycles. The normalized spacial score (nSPS) is 11.6. The van der Waals surface area contributed by atoms with Crippen LogP contribution in [-0.4, -0.2) is 50.9 Å². The molecule has 154 valence electrons. The zero-order valence-corrected chi connectivity index (χ0v) is 19.6. The first-order valence-corrected chi connectivity index (χ1v) is 11.6. The van der Waals surface area contributed by atoms with Gasteiger partial charge in [0.1, 0.15) is 32.9 Å². The summed E-state index contributed by atoms with van der Waals surface area (Å²) < 4.78 is 10.6. The first-order valence-electron chi connectivity index (χ1n) is 8.40. The number of hydrogen-bond donors (Lipinski definition) is 0. The zero-order valence-electron chi connectivity index (χ0n) is 17.1. The zero-order chi connectivity index (χ0) is 21.5. The van der Waals surface area contributed by atoms with E-state index < -0.39 is 17.2 Å². The lowest BCUT2D eigenvalue weighted by Gasteiger charge is -2.19. The molecule has 0 aliphatic rings. The second-order valence-electron chi connectivity index (χ2n) is 7.56. The number of rotatable bonds is 7. The number of esters is 2. The van der Waals surface area contributed by atoms with Crippen LogP contribution >= 0.6 is 35.3 Å². The average molecular weight is 444 g/mol. The van der Waals surface area contributed by atoms with Gasteiger partial charge in [-0.05, 0) is 47.8 Å². The number of nitrogens with zero attached hydrogens (tertiary/aromatic N) is 3. The summed E-state index contributed by atoms with van der Waals surface area (Å²) in [5, 5.41) is 10.7. The molecule has 0 saturated carbocycles. The number of carbonyl (C=O) groups is 2. The van der Waals surface area contributed by atoms with Crippen LogP contribution in [0.4, 0.5) is 0 Å². The van der Waals surface area contributed by atoms with Crippen molar-refractivity contribution in [1.82, 2.24) is 9.97 Å². The third-order valence-electron chi connectivity index (χ3n) is 2.61. The van der Waals surface area contributed by atoms with E-state index in [4.69, 9.17) is 9.47 Å². The number of carbonyl (C=O) groups excluding carboxylic acids is 2. The van der Waals surface area contributed by atoms with Crippen LogP contribution in [0.1, 0.15) is 47.1 Å². The Balaban J connectivity index is 2.94. The van der Waals surface area contributed by atoms with Gasteiger partial charge >= 0.3 is 11.9 Å². The predicted octanol–water partition coefficient (Wildman–Crippen LogP) is 3.94. The molecule has 0 aliphatic heterocycles. The Kier molecular flexibility index (Phi) is 9.11. The van der Waals surface area contributed by atoms with E-state index in [0.717, 1.165) is 23.5 Å². The van der Waals surface area contributed by atoms with Gasteiger partial charge in [0.15, 0.2) is 5.16 Å². The smallest absolute Gasteiger partial charge is 0.316 e. The average Bonchev–Trinajstić information content (AvgIpc) is 2.54. The third-order valence-corrected chi connectivity index (χ3v) is 5.06. The van der Waals surface area contributed by atoms with Gasteiger partial charge in [-0.3, -0.25) is 9.59 Å². The molecule has 0 atom stereocenters. The van der Waals surface area contributed by atoms with Gasteiger partial charge in [0, 0.05) is 0 Å². The van der Waals surface area contributed by atoms with Crippen molar-refractivity contribution >= 4 is 47.2 Å². The van der Waals surface area contributed by atoms with E-state index in [2.05, 4.69) is 16.0 Å². The highest BCUT2D eigenvalue weighted by Gasteiger charge is 2.21. The first-order chi connectivity index (χ1) is 12.8. The van der Waals surface area contributed by atoms with Gasteiger partial charge < -0.3 is 9.47 Å². The molecule has 0 bridgehead atoms. The van der Waals surface area contributed by atoms with Crippen molar-refractivity contribution in [2.75, 3.05) is 17.8 Å². The Labute approximate surface area is 178 Å². The maximum absolute atomic E-state index is 12.0. The summed E-state index contributed by atoms with van der Waals surface area (Å²) in [6.07, 6.45) is 1.80. The number of aromatic nitrogens is 2. The minimum atomic E-state index is -0.583. The van der Waals surface area contributed by atoms with Crippen LogP contribution in [0.15, 0.2) is 15.2 Å². The lowest BCUT2D eigenvalue weighted by Crippen LogP contribution is -2.25. The highest BCUT2D eigenvalue weighted by molar-refractivity contribution is 8.00. The van der Waals surface area contributed by atoms with Crippen molar-refractivity contribution in [3.05, 3.63) is 5.56 Å². The van der Waals surface area contributed by atoms with E-state index in [1.807, 2.05) is 0 Å². The molecule has 0 saturated heterocycles. The largest absolute Gasteiger partial charge is 0.459 e. The maximum Gasteiger partial charge on any atom is 0.316 e. The van der Waals surface area contributed by atoms with Gasteiger partial charge in [-0.2, -0.15) is 5.26 Å². The standard InChI is InChI=1S/C18H25N3O4S3/c1-17(2,3)24-12(22)9-27-15-11(8-19)14(26-7)20-16(21-15)28-10-13(23)25-18(4,5)6/h9-10H2,1-7H3. The summed E-state index contributed by atoms with van der Waals surface area (Å²) in [5.41, 5.74) is -0.843.